The van der Waals surface area contributed by atoms with Crippen LogP contribution < -0.4 is 34.0 Å². The smallest absolute Gasteiger partial charge is 0.185 e. The van der Waals surface area contributed by atoms with E-state index in [2.05, 4.69) is 15.3 Å². The van der Waals surface area contributed by atoms with Crippen molar-refractivity contribution in [1.82, 2.24) is 5.32 Å². The summed E-state index contributed by atoms with van der Waals surface area (Å²) >= 11 is 0. The van der Waals surface area contributed by atoms with Crippen LogP contribution in [0, 0.1) is 0 Å². The van der Waals surface area contributed by atoms with Gasteiger partial charge in [-0.2, -0.15) is 0 Å². The van der Waals surface area contributed by atoms with Crippen LogP contribution in [0.4, 0.5) is 0 Å². The molecule has 43 heavy (non-hydrogen) atoms. The monoisotopic (exact) mass is 616 g/mol. The Balaban J connectivity index is 1.53. The van der Waals surface area contributed by atoms with Crippen LogP contribution >= 0.6 is 0 Å². The van der Waals surface area contributed by atoms with Crippen LogP contribution in [0.3, 0.4) is 0 Å². The second-order valence-electron chi connectivity index (χ2n) is 12.8. The van der Waals surface area contributed by atoms with Gasteiger partial charge in [-0.1, -0.05) is 0 Å². The lowest BCUT2D eigenvalue weighted by Gasteiger charge is -2.48. The van der Waals surface area contributed by atoms with Crippen molar-refractivity contribution in [1.29, 1.82) is 0 Å². The highest BCUT2D eigenvalue weighted by Crippen LogP contribution is 2.36. The molecule has 4 fully saturated rings. The minimum absolute atomic E-state index is 0.0318. The maximum atomic E-state index is 11.7. The van der Waals surface area contributed by atoms with Gasteiger partial charge in [-0.3, -0.25) is 9.98 Å². The highest BCUT2D eigenvalue weighted by atomic mass is 16.7. The largest absolute Gasteiger partial charge is 0.388 e. The second kappa shape index (κ2) is 13.8. The Hall–Kier alpha value is -1.54. The summed E-state index contributed by atoms with van der Waals surface area (Å²) in [6, 6.07) is -3.20. The van der Waals surface area contributed by atoms with E-state index in [0.29, 0.717) is 31.5 Å². The SMILES string of the molecule is CN[C@@H]1[C@@H](O)[C@@H](O[C@@H]2[C@@H](O)[C@H](O[C@H]3O[C@H](CN=C(N)C(C)N)CC[C@H]3N)[C@@H](N)C[C@H]2N=C(N)C2(O)CCC2)OC[C@]1(C)O. The Morgan fingerprint density at radius 2 is 1.72 bits per heavy atom. The molecule has 16 heteroatoms. The molecule has 0 amide bonds. The van der Waals surface area contributed by atoms with Crippen molar-refractivity contribution >= 4 is 11.7 Å². The molecule has 2 saturated heterocycles. The quantitative estimate of drug-likeness (QED) is 0.0829. The zero-order chi connectivity index (χ0) is 31.7. The van der Waals surface area contributed by atoms with E-state index in [1.165, 1.54) is 6.92 Å². The molecule has 4 aliphatic rings. The van der Waals surface area contributed by atoms with Gasteiger partial charge in [-0.15, -0.1) is 0 Å². The van der Waals surface area contributed by atoms with Gasteiger partial charge in [0.25, 0.3) is 0 Å². The van der Waals surface area contributed by atoms with Gasteiger partial charge in [0.05, 0.1) is 43.4 Å². The lowest BCUT2D eigenvalue weighted by Crippen LogP contribution is -2.68. The zero-order valence-electron chi connectivity index (χ0n) is 25.3. The van der Waals surface area contributed by atoms with E-state index in [9.17, 15) is 20.4 Å². The number of aliphatic hydroxyl groups is 4. The number of ether oxygens (including phenoxy) is 4. The zero-order valence-corrected chi connectivity index (χ0v) is 25.3. The molecule has 0 radical (unpaired) electrons. The van der Waals surface area contributed by atoms with Gasteiger partial charge in [0.15, 0.2) is 12.6 Å². The van der Waals surface area contributed by atoms with Gasteiger partial charge in [0.1, 0.15) is 47.3 Å². The summed E-state index contributed by atoms with van der Waals surface area (Å²) in [6.45, 7) is 3.41. The number of nitrogens with two attached hydrogens (primary N) is 5. The molecule has 15 N–H and O–H groups in total. The normalized spacial score (nSPS) is 44.9. The number of aliphatic hydroxyl groups excluding tert-OH is 2. The highest BCUT2D eigenvalue weighted by molar-refractivity contribution is 5.89. The van der Waals surface area contributed by atoms with Crippen molar-refractivity contribution in [3.8, 4) is 0 Å². The molecule has 2 aliphatic heterocycles. The van der Waals surface area contributed by atoms with E-state index in [-0.39, 0.29) is 37.6 Å². The molecule has 248 valence electrons. The number of aliphatic imine (C=N–C) groups is 2. The Morgan fingerprint density at radius 3 is 2.33 bits per heavy atom. The molecule has 13 atom stereocenters. The van der Waals surface area contributed by atoms with E-state index in [4.69, 9.17) is 47.6 Å². The number of hydrogen-bond donors (Lipinski definition) is 10. The fourth-order valence-corrected chi connectivity index (χ4v) is 6.13. The minimum atomic E-state index is -1.38. The average molecular weight is 617 g/mol. The lowest BCUT2D eigenvalue weighted by molar-refractivity contribution is -0.306. The van der Waals surface area contributed by atoms with Gasteiger partial charge >= 0.3 is 0 Å². The molecule has 0 aromatic heterocycles. The minimum Gasteiger partial charge on any atom is -0.388 e. The fourth-order valence-electron chi connectivity index (χ4n) is 6.13. The highest BCUT2D eigenvalue weighted by Gasteiger charge is 2.52. The van der Waals surface area contributed by atoms with E-state index < -0.39 is 72.4 Å². The van der Waals surface area contributed by atoms with Crippen LogP contribution in [0.1, 0.15) is 52.4 Å². The summed E-state index contributed by atoms with van der Waals surface area (Å²) in [6.07, 6.45) is -4.11. The molecule has 0 aromatic carbocycles. The van der Waals surface area contributed by atoms with Crippen molar-refractivity contribution in [3.05, 3.63) is 0 Å². The number of nitrogens with one attached hydrogen (secondary N) is 1. The van der Waals surface area contributed by atoms with Crippen LogP contribution in [0.2, 0.25) is 0 Å². The van der Waals surface area contributed by atoms with Crippen LogP contribution in [0.15, 0.2) is 9.98 Å². The van der Waals surface area contributed by atoms with Gasteiger partial charge in [0.2, 0.25) is 0 Å². The van der Waals surface area contributed by atoms with E-state index >= 15 is 0 Å². The molecule has 2 aliphatic carbocycles. The molecule has 4 rings (SSSR count). The molecule has 16 nitrogen and oxygen atoms in total. The Morgan fingerprint density at radius 1 is 1.05 bits per heavy atom. The van der Waals surface area contributed by atoms with Crippen LogP contribution in [-0.4, -0.2) is 137 Å². The molecular weight excluding hydrogens is 564 g/mol. The fraction of sp³-hybridized carbons (Fsp3) is 0.926. The molecular formula is C27H52N8O8. The predicted octanol–water partition coefficient (Wildman–Crippen LogP) is -3.92. The first-order valence-electron chi connectivity index (χ1n) is 15.1. The van der Waals surface area contributed by atoms with Crippen molar-refractivity contribution in [2.45, 2.75) is 137 Å². The first kappa shape index (κ1) is 34.3. The summed E-state index contributed by atoms with van der Waals surface area (Å²) in [5, 5.41) is 47.0. The van der Waals surface area contributed by atoms with Gasteiger partial charge < -0.3 is 73.4 Å². The number of likely N-dealkylation sites (N-methyl/N-ethyl adjacent to an activating group) is 1. The van der Waals surface area contributed by atoms with Crippen LogP contribution in [0.25, 0.3) is 0 Å². The molecule has 0 aromatic rings. The summed E-state index contributed by atoms with van der Waals surface area (Å²) in [7, 11) is 1.60. The third-order valence-corrected chi connectivity index (χ3v) is 9.12. The number of rotatable bonds is 10. The number of hydrogen-bond acceptors (Lipinski definition) is 14. The van der Waals surface area contributed by atoms with E-state index in [0.717, 1.165) is 6.42 Å². The summed E-state index contributed by atoms with van der Waals surface area (Å²) in [4.78, 5) is 8.87. The number of nitrogens with zero attached hydrogens (tertiary/aromatic N) is 2. The Bertz CT molecular complexity index is 998. The first-order valence-corrected chi connectivity index (χ1v) is 15.1. The van der Waals surface area contributed by atoms with E-state index in [1.54, 1.807) is 14.0 Å². The van der Waals surface area contributed by atoms with Crippen molar-refractivity contribution in [2.24, 2.45) is 38.7 Å². The Kier molecular flexibility index (Phi) is 11.1. The molecule has 1 unspecified atom stereocenters. The molecule has 0 spiro atoms. The molecule has 2 saturated carbocycles. The lowest BCUT2D eigenvalue weighted by atomic mass is 9.78. The van der Waals surface area contributed by atoms with Gasteiger partial charge in [-0.05, 0) is 59.4 Å². The molecule has 0 bridgehead atoms. The predicted molar refractivity (Wildman–Crippen MR) is 158 cm³/mol. The van der Waals surface area contributed by atoms with Crippen molar-refractivity contribution < 1.29 is 39.4 Å². The van der Waals surface area contributed by atoms with Gasteiger partial charge in [0, 0.05) is 6.04 Å². The van der Waals surface area contributed by atoms with E-state index in [1.807, 2.05) is 0 Å². The van der Waals surface area contributed by atoms with Crippen molar-refractivity contribution in [2.75, 3.05) is 20.2 Å². The summed E-state index contributed by atoms with van der Waals surface area (Å²) in [5.74, 6) is 0.344. The summed E-state index contributed by atoms with van der Waals surface area (Å²) < 4.78 is 24.2. The third-order valence-electron chi connectivity index (χ3n) is 9.12. The Labute approximate surface area is 252 Å². The maximum Gasteiger partial charge on any atom is 0.185 e. The second-order valence-corrected chi connectivity index (χ2v) is 12.8. The topological polar surface area (TPSA) is 285 Å². The maximum absolute atomic E-state index is 11.7. The first-order chi connectivity index (χ1) is 20.2. The van der Waals surface area contributed by atoms with Crippen LogP contribution in [0.5, 0.6) is 0 Å². The summed E-state index contributed by atoms with van der Waals surface area (Å²) in [5.41, 5.74) is 28.2. The van der Waals surface area contributed by atoms with Crippen molar-refractivity contribution in [3.63, 3.8) is 0 Å². The van der Waals surface area contributed by atoms with Gasteiger partial charge in [-0.25, -0.2) is 0 Å². The number of amidine groups is 2. The third kappa shape index (κ3) is 7.65. The molecule has 2 heterocycles. The standard InChI is InChI=1S/C27H52N8O8/c1-12(28)22(31)34-10-13-5-6-14(29)23(41-13)42-19-15(30)9-16(35-25(32)27(39)7-4-8-27)20(17(19)36)43-24-18(37)21(33-3)26(2,38)11-40-24/h12-21,23-24,33,36-39H,4-11,28-30H2,1-3H3,(H2,31,34)(H2,32,35)/t12?,13-,14+,15-,16+,17-,18+,19+,20-,21+,23+,24+,26-/m0/s1. The average Bonchev–Trinajstić information content (AvgIpc) is 2.92. The van der Waals surface area contributed by atoms with Crippen LogP contribution in [-0.2, 0) is 18.9 Å².